The van der Waals surface area contributed by atoms with E-state index in [0.717, 1.165) is 0 Å². The summed E-state index contributed by atoms with van der Waals surface area (Å²) in [6.45, 7) is 8.73. The summed E-state index contributed by atoms with van der Waals surface area (Å²) < 4.78 is 0. The fraction of sp³-hybridized carbons (Fsp3) is 0.350. The number of hydrogen-bond acceptors (Lipinski definition) is 1. The van der Waals surface area contributed by atoms with Crippen molar-refractivity contribution in [3.8, 4) is 11.1 Å². The van der Waals surface area contributed by atoms with Gasteiger partial charge in [0.25, 0.3) is 5.91 Å². The van der Waals surface area contributed by atoms with Crippen molar-refractivity contribution in [2.45, 2.75) is 39.5 Å². The van der Waals surface area contributed by atoms with E-state index in [4.69, 9.17) is 0 Å². The summed E-state index contributed by atoms with van der Waals surface area (Å²) in [6, 6.07) is 14.7. The van der Waals surface area contributed by atoms with Crippen molar-refractivity contribution in [2.75, 3.05) is 7.05 Å². The van der Waals surface area contributed by atoms with Crippen molar-refractivity contribution in [3.63, 3.8) is 0 Å². The number of amides is 1. The highest BCUT2D eigenvalue weighted by Crippen LogP contribution is 2.31. The third kappa shape index (κ3) is 3.38. The summed E-state index contributed by atoms with van der Waals surface area (Å²) >= 11 is 0. The van der Waals surface area contributed by atoms with Crippen LogP contribution in [0.3, 0.4) is 0 Å². The fourth-order valence-corrected chi connectivity index (χ4v) is 2.64. The molecule has 0 heterocycles. The third-order valence-corrected chi connectivity index (χ3v) is 4.05. The first-order valence-corrected chi connectivity index (χ1v) is 7.90. The molecule has 0 saturated carbocycles. The maximum atomic E-state index is 11.8. The molecule has 0 bridgehead atoms. The quantitative estimate of drug-likeness (QED) is 0.848. The highest BCUT2D eigenvalue weighted by atomic mass is 16.1. The highest BCUT2D eigenvalue weighted by Gasteiger charge is 2.13. The number of carbonyl (C=O) groups is 1. The van der Waals surface area contributed by atoms with E-state index in [1.807, 2.05) is 12.1 Å². The lowest BCUT2D eigenvalue weighted by Crippen LogP contribution is -2.18. The van der Waals surface area contributed by atoms with E-state index in [0.29, 0.717) is 17.4 Å². The van der Waals surface area contributed by atoms with Crippen LogP contribution in [0, 0.1) is 0 Å². The number of nitrogens with one attached hydrogen (secondary N) is 1. The molecule has 1 amide bonds. The van der Waals surface area contributed by atoms with Crippen LogP contribution in [0.5, 0.6) is 0 Å². The summed E-state index contributed by atoms with van der Waals surface area (Å²) in [5, 5.41) is 2.69. The topological polar surface area (TPSA) is 29.1 Å². The molecule has 2 rings (SSSR count). The van der Waals surface area contributed by atoms with Gasteiger partial charge in [0.05, 0.1) is 0 Å². The van der Waals surface area contributed by atoms with Crippen LogP contribution in [-0.4, -0.2) is 13.0 Å². The second kappa shape index (κ2) is 6.78. The second-order valence-electron chi connectivity index (χ2n) is 6.31. The third-order valence-electron chi connectivity index (χ3n) is 4.05. The predicted molar refractivity (Wildman–Crippen MR) is 93.4 cm³/mol. The van der Waals surface area contributed by atoms with Crippen molar-refractivity contribution >= 4 is 5.91 Å². The van der Waals surface area contributed by atoms with Crippen LogP contribution < -0.4 is 5.32 Å². The molecule has 0 aromatic heterocycles. The van der Waals surface area contributed by atoms with Gasteiger partial charge in [-0.25, -0.2) is 0 Å². The Balaban J connectivity index is 2.47. The van der Waals surface area contributed by atoms with Gasteiger partial charge in [0.1, 0.15) is 0 Å². The smallest absolute Gasteiger partial charge is 0.251 e. The van der Waals surface area contributed by atoms with Gasteiger partial charge in [-0.15, -0.1) is 0 Å². The first kappa shape index (κ1) is 16.3. The molecule has 0 aliphatic rings. The summed E-state index contributed by atoms with van der Waals surface area (Å²) in [4.78, 5) is 11.8. The van der Waals surface area contributed by atoms with E-state index in [1.54, 1.807) is 7.05 Å². The van der Waals surface area contributed by atoms with Crippen LogP contribution >= 0.6 is 0 Å². The first-order chi connectivity index (χ1) is 10.4. The summed E-state index contributed by atoms with van der Waals surface area (Å²) in [6.07, 6.45) is 0. The molecule has 1 N–H and O–H groups in total. The van der Waals surface area contributed by atoms with Crippen LogP contribution in [0.2, 0.25) is 0 Å². The Bertz CT molecular complexity index is 654. The minimum atomic E-state index is -0.0383. The lowest BCUT2D eigenvalue weighted by molar-refractivity contribution is 0.0963. The SMILES string of the molecule is CNC(=O)c1ccc(-c2ccc(C(C)C)cc2)c(C(C)C)c1. The molecule has 0 radical (unpaired) electrons. The van der Waals surface area contributed by atoms with E-state index in [-0.39, 0.29) is 5.91 Å². The van der Waals surface area contributed by atoms with E-state index >= 15 is 0 Å². The number of benzene rings is 2. The van der Waals surface area contributed by atoms with Gasteiger partial charge in [-0.1, -0.05) is 58.0 Å². The lowest BCUT2D eigenvalue weighted by atomic mass is 9.90. The molecule has 0 saturated heterocycles. The van der Waals surface area contributed by atoms with Gasteiger partial charge >= 0.3 is 0 Å². The Labute approximate surface area is 133 Å². The van der Waals surface area contributed by atoms with Crippen molar-refractivity contribution in [1.29, 1.82) is 0 Å². The Kier molecular flexibility index (Phi) is 5.02. The van der Waals surface area contributed by atoms with Crippen LogP contribution in [0.25, 0.3) is 11.1 Å². The lowest BCUT2D eigenvalue weighted by Gasteiger charge is -2.15. The van der Waals surface area contributed by atoms with E-state index < -0.39 is 0 Å². The molecule has 0 aliphatic carbocycles. The fourth-order valence-electron chi connectivity index (χ4n) is 2.64. The number of hydrogen-bond donors (Lipinski definition) is 1. The number of rotatable bonds is 4. The molecule has 2 nitrogen and oxygen atoms in total. The molecule has 0 spiro atoms. The molecular weight excluding hydrogens is 270 g/mol. The molecule has 0 fully saturated rings. The van der Waals surface area contributed by atoms with Crippen molar-refractivity contribution in [1.82, 2.24) is 5.32 Å². The predicted octanol–water partition coefficient (Wildman–Crippen LogP) is 4.96. The van der Waals surface area contributed by atoms with Gasteiger partial charge < -0.3 is 5.32 Å². The minimum Gasteiger partial charge on any atom is -0.355 e. The molecule has 2 aromatic carbocycles. The number of carbonyl (C=O) groups excluding carboxylic acids is 1. The average molecular weight is 295 g/mol. The maximum absolute atomic E-state index is 11.8. The summed E-state index contributed by atoms with van der Waals surface area (Å²) in [5.41, 5.74) is 5.68. The highest BCUT2D eigenvalue weighted by molar-refractivity contribution is 5.95. The van der Waals surface area contributed by atoms with Crippen LogP contribution in [0.1, 0.15) is 61.0 Å². The van der Waals surface area contributed by atoms with Crippen molar-refractivity contribution < 1.29 is 4.79 Å². The molecule has 22 heavy (non-hydrogen) atoms. The zero-order valence-electron chi connectivity index (χ0n) is 14.1. The van der Waals surface area contributed by atoms with Gasteiger partial charge in [-0.05, 0) is 46.2 Å². The Hall–Kier alpha value is -2.09. The van der Waals surface area contributed by atoms with Gasteiger partial charge in [0, 0.05) is 12.6 Å². The van der Waals surface area contributed by atoms with Gasteiger partial charge in [-0.2, -0.15) is 0 Å². The zero-order chi connectivity index (χ0) is 16.3. The van der Waals surface area contributed by atoms with Crippen LogP contribution in [0.4, 0.5) is 0 Å². The second-order valence-corrected chi connectivity index (χ2v) is 6.31. The van der Waals surface area contributed by atoms with Crippen molar-refractivity contribution in [2.24, 2.45) is 0 Å². The van der Waals surface area contributed by atoms with Gasteiger partial charge in [-0.3, -0.25) is 4.79 Å². The van der Waals surface area contributed by atoms with Crippen LogP contribution in [0.15, 0.2) is 42.5 Å². The molecule has 0 atom stereocenters. The zero-order valence-corrected chi connectivity index (χ0v) is 14.1. The minimum absolute atomic E-state index is 0.0383. The van der Waals surface area contributed by atoms with Gasteiger partial charge in [0.2, 0.25) is 0 Å². The van der Waals surface area contributed by atoms with Gasteiger partial charge in [0.15, 0.2) is 0 Å². The standard InChI is InChI=1S/C20H25NO/c1-13(2)15-6-8-16(9-7-15)18-11-10-17(20(22)21-5)12-19(18)14(3)4/h6-14H,1-5H3,(H,21,22). The Morgan fingerprint density at radius 2 is 1.55 bits per heavy atom. The molecule has 2 aromatic rings. The van der Waals surface area contributed by atoms with E-state index in [9.17, 15) is 4.79 Å². The largest absolute Gasteiger partial charge is 0.355 e. The Morgan fingerprint density at radius 3 is 2.05 bits per heavy atom. The van der Waals surface area contributed by atoms with Crippen LogP contribution in [-0.2, 0) is 0 Å². The average Bonchev–Trinajstić information content (AvgIpc) is 2.53. The molecule has 0 aliphatic heterocycles. The van der Waals surface area contributed by atoms with E-state index in [1.165, 1.54) is 22.3 Å². The maximum Gasteiger partial charge on any atom is 0.251 e. The molecule has 2 heteroatoms. The van der Waals surface area contributed by atoms with E-state index in [2.05, 4.69) is 63.3 Å². The molecule has 116 valence electrons. The molecular formula is C20H25NO. The first-order valence-electron chi connectivity index (χ1n) is 7.90. The summed E-state index contributed by atoms with van der Waals surface area (Å²) in [5.74, 6) is 0.863. The van der Waals surface area contributed by atoms with Crippen molar-refractivity contribution in [3.05, 3.63) is 59.2 Å². The normalized spacial score (nSPS) is 11.0. The monoisotopic (exact) mass is 295 g/mol. The summed E-state index contributed by atoms with van der Waals surface area (Å²) in [7, 11) is 1.66. The molecule has 0 unspecified atom stereocenters. The Morgan fingerprint density at radius 1 is 0.909 bits per heavy atom.